The molecule has 0 fully saturated rings. The Labute approximate surface area is 83.5 Å². The van der Waals surface area contributed by atoms with Gasteiger partial charge in [-0.1, -0.05) is 5.57 Å². The summed E-state index contributed by atoms with van der Waals surface area (Å²) in [6.45, 7) is 5.65. The highest BCUT2D eigenvalue weighted by Gasteiger charge is 2.08. The third kappa shape index (κ3) is 2.78. The molecule has 0 aliphatic rings. The zero-order chi connectivity index (χ0) is 10.7. The molecule has 1 aromatic rings. The van der Waals surface area contributed by atoms with Crippen molar-refractivity contribution < 1.29 is 10.2 Å². The Kier molecular flexibility index (Phi) is 3.14. The fourth-order valence-electron chi connectivity index (χ4n) is 1.33. The van der Waals surface area contributed by atoms with Crippen LogP contribution in [-0.2, 0) is 0 Å². The van der Waals surface area contributed by atoms with Crippen LogP contribution in [0.2, 0.25) is 0 Å². The summed E-state index contributed by atoms with van der Waals surface area (Å²) in [5.41, 5.74) is 7.54. The first-order chi connectivity index (χ1) is 6.49. The molecule has 4 N–H and O–H groups in total. The molecule has 0 heterocycles. The van der Waals surface area contributed by atoms with Crippen LogP contribution >= 0.6 is 0 Å². The van der Waals surface area contributed by atoms with Crippen LogP contribution in [0, 0.1) is 0 Å². The van der Waals surface area contributed by atoms with Crippen molar-refractivity contribution in [1.29, 1.82) is 0 Å². The molecule has 1 aromatic carbocycles. The lowest BCUT2D eigenvalue weighted by atomic mass is 10.0. The van der Waals surface area contributed by atoms with Crippen LogP contribution in [0.3, 0.4) is 0 Å². The number of aromatic hydroxyl groups is 2. The second-order valence-electron chi connectivity index (χ2n) is 3.55. The molecule has 1 atom stereocenters. The molecule has 0 spiro atoms. The highest BCUT2D eigenvalue weighted by Crippen LogP contribution is 2.26. The molecule has 0 unspecified atom stereocenters. The Balaban J connectivity index is 2.89. The van der Waals surface area contributed by atoms with Crippen molar-refractivity contribution in [2.45, 2.75) is 19.4 Å². The van der Waals surface area contributed by atoms with Crippen molar-refractivity contribution in [3.63, 3.8) is 0 Å². The largest absolute Gasteiger partial charge is 0.508 e. The van der Waals surface area contributed by atoms with Crippen LogP contribution in [-0.4, -0.2) is 10.2 Å². The maximum Gasteiger partial charge on any atom is 0.119 e. The summed E-state index contributed by atoms with van der Waals surface area (Å²) >= 11 is 0. The quantitative estimate of drug-likeness (QED) is 0.644. The van der Waals surface area contributed by atoms with Crippen molar-refractivity contribution in [2.24, 2.45) is 5.73 Å². The van der Waals surface area contributed by atoms with Gasteiger partial charge in [-0.05, 0) is 31.0 Å². The van der Waals surface area contributed by atoms with Crippen LogP contribution < -0.4 is 5.73 Å². The van der Waals surface area contributed by atoms with E-state index in [4.69, 9.17) is 5.73 Å². The average molecular weight is 193 g/mol. The Morgan fingerprint density at radius 2 is 1.86 bits per heavy atom. The van der Waals surface area contributed by atoms with Crippen LogP contribution in [0.5, 0.6) is 11.5 Å². The highest BCUT2D eigenvalue weighted by molar-refractivity contribution is 5.38. The van der Waals surface area contributed by atoms with Crippen molar-refractivity contribution >= 4 is 0 Å². The van der Waals surface area contributed by atoms with Crippen LogP contribution in [0.15, 0.2) is 30.4 Å². The van der Waals surface area contributed by atoms with E-state index in [2.05, 4.69) is 6.58 Å². The third-order valence-corrected chi connectivity index (χ3v) is 1.92. The fourth-order valence-corrected chi connectivity index (χ4v) is 1.33. The molecule has 76 valence electrons. The summed E-state index contributed by atoms with van der Waals surface area (Å²) in [6.07, 6.45) is 0.642. The maximum atomic E-state index is 9.24. The molecule has 0 aromatic heterocycles. The van der Waals surface area contributed by atoms with Gasteiger partial charge in [-0.2, -0.15) is 0 Å². The highest BCUT2D eigenvalue weighted by atomic mass is 16.3. The first-order valence-corrected chi connectivity index (χ1v) is 4.42. The number of hydrogen-bond donors (Lipinski definition) is 3. The van der Waals surface area contributed by atoms with Crippen molar-refractivity contribution in [3.8, 4) is 11.5 Å². The van der Waals surface area contributed by atoms with Gasteiger partial charge in [0.1, 0.15) is 11.5 Å². The topological polar surface area (TPSA) is 66.5 Å². The number of rotatable bonds is 3. The van der Waals surface area contributed by atoms with Gasteiger partial charge in [-0.15, -0.1) is 6.58 Å². The Morgan fingerprint density at radius 1 is 1.36 bits per heavy atom. The molecule has 3 heteroatoms. The van der Waals surface area contributed by atoms with Gasteiger partial charge in [0, 0.05) is 12.1 Å². The van der Waals surface area contributed by atoms with Gasteiger partial charge in [-0.3, -0.25) is 0 Å². The van der Waals surface area contributed by atoms with E-state index in [0.717, 1.165) is 5.57 Å². The molecule has 0 saturated carbocycles. The van der Waals surface area contributed by atoms with Gasteiger partial charge in [0.15, 0.2) is 0 Å². The third-order valence-electron chi connectivity index (χ3n) is 1.92. The van der Waals surface area contributed by atoms with Crippen molar-refractivity contribution in [2.75, 3.05) is 0 Å². The minimum Gasteiger partial charge on any atom is -0.508 e. The van der Waals surface area contributed by atoms with E-state index in [9.17, 15) is 10.2 Å². The summed E-state index contributed by atoms with van der Waals surface area (Å²) in [5, 5.41) is 18.5. The van der Waals surface area contributed by atoms with Crippen LogP contribution in [0.1, 0.15) is 24.9 Å². The molecular weight excluding hydrogens is 178 g/mol. The van der Waals surface area contributed by atoms with Crippen molar-refractivity contribution in [1.82, 2.24) is 0 Å². The lowest BCUT2D eigenvalue weighted by Crippen LogP contribution is -2.10. The first kappa shape index (κ1) is 10.6. The average Bonchev–Trinajstić information content (AvgIpc) is 2.00. The van der Waals surface area contributed by atoms with Gasteiger partial charge in [0.25, 0.3) is 0 Å². The lowest BCUT2D eigenvalue weighted by molar-refractivity contribution is 0.448. The van der Waals surface area contributed by atoms with E-state index in [1.54, 1.807) is 12.1 Å². The van der Waals surface area contributed by atoms with Gasteiger partial charge in [-0.25, -0.2) is 0 Å². The molecule has 0 amide bonds. The molecule has 14 heavy (non-hydrogen) atoms. The lowest BCUT2D eigenvalue weighted by Gasteiger charge is -2.12. The summed E-state index contributed by atoms with van der Waals surface area (Å²) in [6, 6.07) is 4.14. The number of nitrogens with two attached hydrogens (primary N) is 1. The summed E-state index contributed by atoms with van der Waals surface area (Å²) in [4.78, 5) is 0. The SMILES string of the molecule is C=C(C)C[C@@H](N)c1cc(O)cc(O)c1. The molecule has 0 aliphatic carbocycles. The number of hydrogen-bond acceptors (Lipinski definition) is 3. The monoisotopic (exact) mass is 193 g/mol. The number of phenolic OH excluding ortho intramolecular Hbond substituents is 2. The Morgan fingerprint density at radius 3 is 2.29 bits per heavy atom. The first-order valence-electron chi connectivity index (χ1n) is 4.42. The van der Waals surface area contributed by atoms with E-state index in [1.165, 1.54) is 6.07 Å². The predicted octanol–water partition coefficient (Wildman–Crippen LogP) is 2.06. The van der Waals surface area contributed by atoms with Gasteiger partial charge in [0.2, 0.25) is 0 Å². The van der Waals surface area contributed by atoms with E-state index in [-0.39, 0.29) is 17.5 Å². The molecule has 0 aliphatic heterocycles. The zero-order valence-electron chi connectivity index (χ0n) is 8.20. The summed E-state index contributed by atoms with van der Waals surface area (Å²) < 4.78 is 0. The minimum atomic E-state index is -0.231. The maximum absolute atomic E-state index is 9.24. The smallest absolute Gasteiger partial charge is 0.119 e. The minimum absolute atomic E-state index is 0.0252. The fraction of sp³-hybridized carbons (Fsp3) is 0.273. The number of benzene rings is 1. The van der Waals surface area contributed by atoms with E-state index in [1.807, 2.05) is 6.92 Å². The van der Waals surface area contributed by atoms with Gasteiger partial charge >= 0.3 is 0 Å². The summed E-state index contributed by atoms with van der Waals surface area (Å²) in [5.74, 6) is 0.0503. The van der Waals surface area contributed by atoms with E-state index in [0.29, 0.717) is 12.0 Å². The molecule has 1 rings (SSSR count). The molecule has 0 saturated heterocycles. The van der Waals surface area contributed by atoms with Crippen LogP contribution in [0.25, 0.3) is 0 Å². The van der Waals surface area contributed by atoms with E-state index >= 15 is 0 Å². The second-order valence-corrected chi connectivity index (χ2v) is 3.55. The van der Waals surface area contributed by atoms with Gasteiger partial charge < -0.3 is 15.9 Å². The Hall–Kier alpha value is -1.48. The second kappa shape index (κ2) is 4.15. The Bertz CT molecular complexity index is 327. The number of phenols is 2. The standard InChI is InChI=1S/C11H15NO2/c1-7(2)3-11(12)8-4-9(13)6-10(14)5-8/h4-6,11,13-14H,1,3,12H2,2H3/t11-/m1/s1. The predicted molar refractivity (Wildman–Crippen MR) is 56.1 cm³/mol. The molecule has 3 nitrogen and oxygen atoms in total. The van der Waals surface area contributed by atoms with Crippen molar-refractivity contribution in [3.05, 3.63) is 35.9 Å². The van der Waals surface area contributed by atoms with Gasteiger partial charge in [0.05, 0.1) is 0 Å². The van der Waals surface area contributed by atoms with Crippen LogP contribution in [0.4, 0.5) is 0 Å². The molecule has 0 radical (unpaired) electrons. The zero-order valence-corrected chi connectivity index (χ0v) is 8.20. The molecular formula is C11H15NO2. The van der Waals surface area contributed by atoms with E-state index < -0.39 is 0 Å². The summed E-state index contributed by atoms with van der Waals surface area (Å²) in [7, 11) is 0. The molecule has 0 bridgehead atoms. The normalized spacial score (nSPS) is 12.4.